The van der Waals surface area contributed by atoms with E-state index in [9.17, 15) is 17.1 Å². The molecule has 124 valence electrons. The van der Waals surface area contributed by atoms with Crippen molar-refractivity contribution in [1.29, 1.82) is 0 Å². The van der Waals surface area contributed by atoms with E-state index in [1.54, 1.807) is 32.9 Å². The summed E-state index contributed by atoms with van der Waals surface area (Å²) in [5.74, 6) is -0.887. The van der Waals surface area contributed by atoms with Gasteiger partial charge < -0.3 is 10.1 Å². The van der Waals surface area contributed by atoms with Crippen molar-refractivity contribution in [2.45, 2.75) is 38.7 Å². The maximum atomic E-state index is 12.7. The van der Waals surface area contributed by atoms with Crippen molar-refractivity contribution in [2.24, 2.45) is 0 Å². The fourth-order valence-corrected chi connectivity index (χ4v) is 2.48. The smallest absolute Gasteiger partial charge is 0.407 e. The largest absolute Gasteiger partial charge is 0.444 e. The lowest BCUT2D eigenvalue weighted by Crippen LogP contribution is -2.35. The van der Waals surface area contributed by atoms with Gasteiger partial charge in [-0.2, -0.15) is 8.42 Å². The molecule has 7 heteroatoms. The highest BCUT2D eigenvalue weighted by atomic mass is 32.3. The van der Waals surface area contributed by atoms with Crippen LogP contribution in [0.1, 0.15) is 38.7 Å². The topological polar surface area (TPSA) is 72.5 Å². The van der Waals surface area contributed by atoms with Gasteiger partial charge in [0.2, 0.25) is 0 Å². The third kappa shape index (κ3) is 7.97. The van der Waals surface area contributed by atoms with Crippen LogP contribution >= 0.6 is 0 Å². The Morgan fingerprint density at radius 3 is 2.36 bits per heavy atom. The van der Waals surface area contributed by atoms with Gasteiger partial charge in [-0.3, -0.25) is 0 Å². The molecule has 0 saturated carbocycles. The molecule has 0 spiro atoms. The number of halogens is 1. The number of hydrogen-bond donors (Lipinski definition) is 1. The first kappa shape index (κ1) is 18.4. The summed E-state index contributed by atoms with van der Waals surface area (Å²) in [5, 5.41) is 2.60. The molecule has 22 heavy (non-hydrogen) atoms. The second kappa shape index (κ2) is 7.58. The van der Waals surface area contributed by atoms with Crippen molar-refractivity contribution >= 4 is 16.3 Å². The van der Waals surface area contributed by atoms with Crippen LogP contribution in [0.4, 0.5) is 8.68 Å². The molecule has 0 fully saturated rings. The maximum absolute atomic E-state index is 12.7. The molecule has 0 radical (unpaired) electrons. The lowest BCUT2D eigenvalue weighted by atomic mass is 9.96. The quantitative estimate of drug-likeness (QED) is 0.813. The molecule has 0 aromatic heterocycles. The minimum Gasteiger partial charge on any atom is -0.444 e. The van der Waals surface area contributed by atoms with Crippen molar-refractivity contribution in [3.8, 4) is 0 Å². The van der Waals surface area contributed by atoms with Gasteiger partial charge in [-0.05, 0) is 32.8 Å². The summed E-state index contributed by atoms with van der Waals surface area (Å²) in [6.07, 6.45) is -0.505. The Labute approximate surface area is 131 Å². The molecule has 0 bridgehead atoms. The van der Waals surface area contributed by atoms with Crippen molar-refractivity contribution in [1.82, 2.24) is 5.32 Å². The zero-order chi connectivity index (χ0) is 16.8. The third-order valence-corrected chi connectivity index (χ3v) is 3.60. The van der Waals surface area contributed by atoms with E-state index in [1.807, 2.05) is 18.2 Å². The molecule has 1 rings (SSSR count). The summed E-state index contributed by atoms with van der Waals surface area (Å²) in [5.41, 5.74) is 0.219. The van der Waals surface area contributed by atoms with Crippen LogP contribution in [-0.2, 0) is 15.0 Å². The van der Waals surface area contributed by atoms with Crippen molar-refractivity contribution < 1.29 is 21.8 Å². The van der Waals surface area contributed by atoms with Gasteiger partial charge in [0.05, 0.1) is 5.75 Å². The van der Waals surface area contributed by atoms with Gasteiger partial charge in [-0.25, -0.2) is 4.79 Å². The average Bonchev–Trinajstić information content (AvgIpc) is 2.36. The number of carbonyl (C=O) groups is 1. The van der Waals surface area contributed by atoms with Crippen LogP contribution in [0.25, 0.3) is 0 Å². The van der Waals surface area contributed by atoms with Gasteiger partial charge in [0.15, 0.2) is 0 Å². The summed E-state index contributed by atoms with van der Waals surface area (Å²) in [6.45, 7) is 5.42. The predicted molar refractivity (Wildman–Crippen MR) is 82.9 cm³/mol. The summed E-state index contributed by atoms with van der Waals surface area (Å²) in [4.78, 5) is 11.7. The van der Waals surface area contributed by atoms with E-state index in [1.165, 1.54) is 0 Å². The fourth-order valence-electron chi connectivity index (χ4n) is 1.92. The Hall–Kier alpha value is -1.63. The first-order valence-electron chi connectivity index (χ1n) is 7.01. The number of benzene rings is 1. The second-order valence-corrected chi connectivity index (χ2v) is 7.51. The molecule has 0 aliphatic carbocycles. The van der Waals surface area contributed by atoms with Gasteiger partial charge >= 0.3 is 16.3 Å². The van der Waals surface area contributed by atoms with Crippen LogP contribution < -0.4 is 5.32 Å². The van der Waals surface area contributed by atoms with E-state index in [0.717, 1.165) is 5.56 Å². The Bertz CT molecular complexity index is 581. The number of nitrogens with one attached hydrogen (secondary N) is 1. The molecule has 1 aromatic carbocycles. The second-order valence-electron chi connectivity index (χ2n) is 6.02. The molecule has 0 saturated heterocycles. The molecular formula is C15H22FNO4S. The van der Waals surface area contributed by atoms with Gasteiger partial charge in [0, 0.05) is 12.5 Å². The summed E-state index contributed by atoms with van der Waals surface area (Å²) in [6, 6.07) is 9.06. The number of amides is 1. The van der Waals surface area contributed by atoms with Crippen LogP contribution in [0.5, 0.6) is 0 Å². The standard InChI is InChI=1S/C15H22FNO4S/c1-15(2,3)21-14(18)17-11-13(9-10-22(16,19)20)12-7-5-4-6-8-12/h4-8,13H,9-11H2,1-3H3,(H,17,18). The molecule has 5 nitrogen and oxygen atoms in total. The van der Waals surface area contributed by atoms with E-state index in [-0.39, 0.29) is 18.9 Å². The fraction of sp³-hybridized carbons (Fsp3) is 0.533. The molecule has 1 atom stereocenters. The Morgan fingerprint density at radius 1 is 1.27 bits per heavy atom. The molecular weight excluding hydrogens is 309 g/mol. The molecule has 1 amide bonds. The number of ether oxygens (including phenoxy) is 1. The zero-order valence-electron chi connectivity index (χ0n) is 13.0. The zero-order valence-corrected chi connectivity index (χ0v) is 13.8. The molecule has 0 aliphatic rings. The normalized spacial score (nSPS) is 13.5. The van der Waals surface area contributed by atoms with Gasteiger partial charge in [-0.1, -0.05) is 30.3 Å². The highest BCUT2D eigenvalue weighted by molar-refractivity contribution is 7.86. The minimum atomic E-state index is -4.54. The van der Waals surface area contributed by atoms with Crippen LogP contribution in [0.2, 0.25) is 0 Å². The summed E-state index contributed by atoms with van der Waals surface area (Å²) >= 11 is 0. The van der Waals surface area contributed by atoms with Gasteiger partial charge in [0.1, 0.15) is 5.60 Å². The van der Waals surface area contributed by atoms with E-state index < -0.39 is 27.7 Å². The van der Waals surface area contributed by atoms with Crippen molar-refractivity contribution in [3.63, 3.8) is 0 Å². The molecule has 1 unspecified atom stereocenters. The van der Waals surface area contributed by atoms with Crippen LogP contribution in [0.15, 0.2) is 30.3 Å². The first-order valence-corrected chi connectivity index (χ1v) is 8.56. The monoisotopic (exact) mass is 331 g/mol. The van der Waals surface area contributed by atoms with Crippen molar-refractivity contribution in [2.75, 3.05) is 12.3 Å². The molecule has 0 aliphatic heterocycles. The third-order valence-electron chi connectivity index (χ3n) is 2.87. The number of hydrogen-bond acceptors (Lipinski definition) is 4. The lowest BCUT2D eigenvalue weighted by molar-refractivity contribution is 0.0524. The molecule has 0 heterocycles. The maximum Gasteiger partial charge on any atom is 0.407 e. The van der Waals surface area contributed by atoms with Crippen molar-refractivity contribution in [3.05, 3.63) is 35.9 Å². The average molecular weight is 331 g/mol. The summed E-state index contributed by atoms with van der Waals surface area (Å²) < 4.78 is 39.3. The Balaban J connectivity index is 2.69. The van der Waals surface area contributed by atoms with E-state index in [4.69, 9.17) is 4.74 Å². The number of alkyl carbamates (subject to hydrolysis) is 1. The van der Waals surface area contributed by atoms with E-state index in [0.29, 0.717) is 0 Å². The van der Waals surface area contributed by atoms with Crippen LogP contribution in [0.3, 0.4) is 0 Å². The van der Waals surface area contributed by atoms with Crippen LogP contribution in [0, 0.1) is 0 Å². The number of rotatable bonds is 6. The SMILES string of the molecule is CC(C)(C)OC(=O)NCC(CCS(=O)(=O)F)c1ccccc1. The van der Waals surface area contributed by atoms with E-state index in [2.05, 4.69) is 5.32 Å². The summed E-state index contributed by atoms with van der Waals surface area (Å²) in [7, 11) is -4.54. The van der Waals surface area contributed by atoms with E-state index >= 15 is 0 Å². The van der Waals surface area contributed by atoms with Crippen LogP contribution in [-0.4, -0.2) is 32.4 Å². The lowest BCUT2D eigenvalue weighted by Gasteiger charge is -2.22. The Morgan fingerprint density at radius 2 is 1.86 bits per heavy atom. The molecule has 1 N–H and O–H groups in total. The molecule has 1 aromatic rings. The highest BCUT2D eigenvalue weighted by Gasteiger charge is 2.20. The van der Waals surface area contributed by atoms with Gasteiger partial charge in [-0.15, -0.1) is 3.89 Å². The van der Waals surface area contributed by atoms with Gasteiger partial charge in [0.25, 0.3) is 0 Å². The first-order chi connectivity index (χ1) is 10.1. The minimum absolute atomic E-state index is 0.0820. The Kier molecular flexibility index (Phi) is 6.34. The predicted octanol–water partition coefficient (Wildman–Crippen LogP) is 2.98. The number of carbonyl (C=O) groups excluding carboxylic acids is 1. The highest BCUT2D eigenvalue weighted by Crippen LogP contribution is 2.20.